The Morgan fingerprint density at radius 3 is 2.58 bits per heavy atom. The molecule has 3 rings (SSSR count). The van der Waals surface area contributed by atoms with Gasteiger partial charge in [0.15, 0.2) is 0 Å². The Hall–Kier alpha value is -1.41. The molecule has 0 atom stereocenters. The van der Waals surface area contributed by atoms with E-state index in [2.05, 4.69) is 9.97 Å². The average molecular weight is 388 g/mol. The maximum atomic E-state index is 12.2. The summed E-state index contributed by atoms with van der Waals surface area (Å²) >= 11 is 12.4. The van der Waals surface area contributed by atoms with Crippen molar-refractivity contribution in [2.24, 2.45) is 0 Å². The molecule has 128 valence electrons. The fraction of sp³-hybridized carbons (Fsp3) is 0.333. The number of aromatic nitrogens is 2. The first-order valence-corrected chi connectivity index (χ1v) is 9.88. The molecule has 9 heteroatoms. The Morgan fingerprint density at radius 2 is 1.96 bits per heavy atom. The van der Waals surface area contributed by atoms with Crippen molar-refractivity contribution in [2.75, 3.05) is 12.8 Å². The Kier molecular flexibility index (Phi) is 4.70. The van der Waals surface area contributed by atoms with E-state index in [1.165, 1.54) is 0 Å². The summed E-state index contributed by atoms with van der Waals surface area (Å²) in [6.07, 6.45) is 1.51. The Bertz CT molecular complexity index is 937. The van der Waals surface area contributed by atoms with Gasteiger partial charge in [0.05, 0.1) is 11.3 Å². The van der Waals surface area contributed by atoms with Crippen LogP contribution in [0.3, 0.4) is 0 Å². The van der Waals surface area contributed by atoms with E-state index >= 15 is 0 Å². The van der Waals surface area contributed by atoms with Gasteiger partial charge >= 0.3 is 0 Å². The van der Waals surface area contributed by atoms with Crippen LogP contribution in [0.25, 0.3) is 0 Å². The lowest BCUT2D eigenvalue weighted by Crippen LogP contribution is -2.36. The molecule has 0 spiro atoms. The predicted molar refractivity (Wildman–Crippen MR) is 92.2 cm³/mol. The van der Waals surface area contributed by atoms with Crippen molar-refractivity contribution in [2.45, 2.75) is 24.7 Å². The van der Waals surface area contributed by atoms with Gasteiger partial charge < -0.3 is 0 Å². The number of hydrogen-bond acceptors (Lipinski definition) is 5. The molecule has 1 aromatic carbocycles. The van der Waals surface area contributed by atoms with E-state index in [0.29, 0.717) is 47.4 Å². The maximum Gasteiger partial charge on any atom is 0.256 e. The second kappa shape index (κ2) is 6.48. The molecule has 0 amide bonds. The number of hydrogen-bond donors (Lipinski definition) is 1. The first-order chi connectivity index (χ1) is 11.3. The van der Waals surface area contributed by atoms with Crippen molar-refractivity contribution in [1.82, 2.24) is 14.9 Å². The van der Waals surface area contributed by atoms with E-state index in [1.807, 2.05) is 4.90 Å². The van der Waals surface area contributed by atoms with E-state index in [9.17, 15) is 13.2 Å². The lowest BCUT2D eigenvalue weighted by molar-refractivity contribution is 0.241. The Morgan fingerprint density at radius 1 is 1.29 bits per heavy atom. The lowest BCUT2D eigenvalue weighted by Gasteiger charge is -2.28. The topological polar surface area (TPSA) is 83.1 Å². The minimum atomic E-state index is -3.55. The van der Waals surface area contributed by atoms with Crippen LogP contribution in [0.15, 0.2) is 28.2 Å². The van der Waals surface area contributed by atoms with E-state index in [-0.39, 0.29) is 5.16 Å². The summed E-state index contributed by atoms with van der Waals surface area (Å²) in [5, 5.41) is 0.870. The van der Waals surface area contributed by atoms with Crippen LogP contribution in [0, 0.1) is 0 Å². The summed E-state index contributed by atoms with van der Waals surface area (Å²) in [6, 6.07) is 5.32. The fourth-order valence-corrected chi connectivity index (χ4v) is 3.75. The van der Waals surface area contributed by atoms with Crippen molar-refractivity contribution in [1.29, 1.82) is 0 Å². The van der Waals surface area contributed by atoms with Crippen LogP contribution in [-0.4, -0.2) is 36.1 Å². The van der Waals surface area contributed by atoms with Gasteiger partial charge in [0.25, 0.3) is 5.56 Å². The predicted octanol–water partition coefficient (Wildman–Crippen LogP) is 2.04. The summed E-state index contributed by atoms with van der Waals surface area (Å²) < 4.78 is 23.2. The maximum absolute atomic E-state index is 12.2. The second-order valence-electron chi connectivity index (χ2n) is 5.73. The first-order valence-electron chi connectivity index (χ1n) is 7.23. The average Bonchev–Trinajstić information content (AvgIpc) is 2.50. The molecule has 1 aromatic heterocycles. The van der Waals surface area contributed by atoms with Crippen molar-refractivity contribution >= 4 is 33.0 Å². The number of H-pyrrole nitrogens is 1. The minimum Gasteiger partial charge on any atom is -0.297 e. The fourth-order valence-electron chi connectivity index (χ4n) is 2.68. The van der Waals surface area contributed by atoms with E-state index in [4.69, 9.17) is 23.2 Å². The van der Waals surface area contributed by atoms with Gasteiger partial charge in [0.1, 0.15) is 0 Å². The molecule has 0 fully saturated rings. The summed E-state index contributed by atoms with van der Waals surface area (Å²) in [7, 11) is -3.55. The molecule has 1 aliphatic heterocycles. The molecule has 0 saturated carbocycles. The highest BCUT2D eigenvalue weighted by atomic mass is 35.5. The van der Waals surface area contributed by atoms with E-state index in [0.717, 1.165) is 11.8 Å². The first kappa shape index (κ1) is 17.4. The zero-order valence-corrected chi connectivity index (χ0v) is 15.2. The third kappa shape index (κ3) is 3.49. The van der Waals surface area contributed by atoms with Gasteiger partial charge in [-0.3, -0.25) is 14.7 Å². The summed E-state index contributed by atoms with van der Waals surface area (Å²) in [5.41, 5.74) is 1.40. The highest BCUT2D eigenvalue weighted by molar-refractivity contribution is 7.90. The molecular weight excluding hydrogens is 373 g/mol. The molecule has 0 unspecified atom stereocenters. The van der Waals surface area contributed by atoms with Gasteiger partial charge in [-0.1, -0.05) is 29.3 Å². The lowest BCUT2D eigenvalue weighted by atomic mass is 10.1. The summed E-state index contributed by atoms with van der Waals surface area (Å²) in [5.74, 6) is 0. The monoisotopic (exact) mass is 387 g/mol. The highest BCUT2D eigenvalue weighted by Crippen LogP contribution is 2.27. The SMILES string of the molecule is CS(=O)(=O)c1nc2c(c(=O)[nH]1)CN(Cc1c(Cl)cccc1Cl)CC2. The zero-order chi connectivity index (χ0) is 17.5. The highest BCUT2D eigenvalue weighted by Gasteiger charge is 2.24. The van der Waals surface area contributed by atoms with Crippen LogP contribution < -0.4 is 5.56 Å². The van der Waals surface area contributed by atoms with Crippen LogP contribution in [-0.2, 0) is 29.3 Å². The van der Waals surface area contributed by atoms with Crippen molar-refractivity contribution in [3.63, 3.8) is 0 Å². The summed E-state index contributed by atoms with van der Waals surface area (Å²) in [6.45, 7) is 1.50. The van der Waals surface area contributed by atoms with Crippen LogP contribution in [0.4, 0.5) is 0 Å². The second-order valence-corrected chi connectivity index (χ2v) is 8.47. The molecule has 2 heterocycles. The molecule has 6 nitrogen and oxygen atoms in total. The van der Waals surface area contributed by atoms with Crippen LogP contribution in [0.2, 0.25) is 10.0 Å². The third-order valence-electron chi connectivity index (χ3n) is 3.92. The molecule has 0 saturated heterocycles. The number of aromatic amines is 1. The van der Waals surface area contributed by atoms with Gasteiger partial charge in [0, 0.05) is 47.9 Å². The molecule has 1 N–H and O–H groups in total. The van der Waals surface area contributed by atoms with Gasteiger partial charge in [0.2, 0.25) is 15.0 Å². The Labute approximate surface area is 149 Å². The zero-order valence-electron chi connectivity index (χ0n) is 12.8. The number of sulfone groups is 1. The minimum absolute atomic E-state index is 0.283. The van der Waals surface area contributed by atoms with Crippen molar-refractivity contribution < 1.29 is 8.42 Å². The number of benzene rings is 1. The summed E-state index contributed by atoms with van der Waals surface area (Å²) in [4.78, 5) is 20.7. The smallest absolute Gasteiger partial charge is 0.256 e. The molecule has 0 bridgehead atoms. The van der Waals surface area contributed by atoms with Gasteiger partial charge in [-0.2, -0.15) is 0 Å². The van der Waals surface area contributed by atoms with Gasteiger partial charge in [-0.25, -0.2) is 13.4 Å². The molecule has 0 radical (unpaired) electrons. The van der Waals surface area contributed by atoms with Gasteiger partial charge in [-0.05, 0) is 12.1 Å². The number of fused-ring (bicyclic) bond motifs is 1. The number of halogens is 2. The van der Waals surface area contributed by atoms with Crippen LogP contribution >= 0.6 is 23.2 Å². The van der Waals surface area contributed by atoms with E-state index in [1.54, 1.807) is 18.2 Å². The van der Waals surface area contributed by atoms with E-state index < -0.39 is 15.4 Å². The number of nitrogens with zero attached hydrogens (tertiary/aromatic N) is 2. The molecule has 24 heavy (non-hydrogen) atoms. The normalized spacial score (nSPS) is 15.3. The molecule has 2 aromatic rings. The van der Waals surface area contributed by atoms with Crippen molar-refractivity contribution in [3.8, 4) is 0 Å². The number of rotatable bonds is 3. The molecule has 1 aliphatic rings. The standard InChI is InChI=1S/C15H15Cl2N3O3S/c1-24(22,23)15-18-13-5-6-20(8-10(13)14(21)19-15)7-9-11(16)3-2-4-12(9)17/h2-4H,5-8H2,1H3,(H,18,19,21). The number of nitrogens with one attached hydrogen (secondary N) is 1. The largest absolute Gasteiger partial charge is 0.297 e. The molecule has 0 aliphatic carbocycles. The Balaban J connectivity index is 1.89. The quantitative estimate of drug-likeness (QED) is 0.814. The van der Waals surface area contributed by atoms with Crippen molar-refractivity contribution in [3.05, 3.63) is 55.4 Å². The van der Waals surface area contributed by atoms with Crippen LogP contribution in [0.5, 0.6) is 0 Å². The van der Waals surface area contributed by atoms with Gasteiger partial charge in [-0.15, -0.1) is 0 Å². The van der Waals surface area contributed by atoms with Crippen LogP contribution in [0.1, 0.15) is 16.8 Å². The third-order valence-corrected chi connectivity index (χ3v) is 5.52. The molecular formula is C15H15Cl2N3O3S.